The van der Waals surface area contributed by atoms with Gasteiger partial charge in [-0.25, -0.2) is 0 Å². The lowest BCUT2D eigenvalue weighted by Crippen LogP contribution is -2.43. The van der Waals surface area contributed by atoms with Crippen LogP contribution in [0.2, 0.25) is 0 Å². The molecule has 0 bridgehead atoms. The Balaban J connectivity index is 0.00000200. The summed E-state index contributed by atoms with van der Waals surface area (Å²) >= 11 is 0. The van der Waals surface area contributed by atoms with Crippen LogP contribution in [0.5, 0.6) is 0 Å². The van der Waals surface area contributed by atoms with E-state index in [9.17, 15) is 18.0 Å². The second kappa shape index (κ2) is 6.95. The van der Waals surface area contributed by atoms with E-state index in [2.05, 4.69) is 10.6 Å². The minimum Gasteiger partial charge on any atom is -0.349 e. The molecule has 1 saturated heterocycles. The molecule has 1 aromatic carbocycles. The Labute approximate surface area is 121 Å². The monoisotopic (exact) mass is 308 g/mol. The largest absolute Gasteiger partial charge is 0.417 e. The Kier molecular flexibility index (Phi) is 5.83. The van der Waals surface area contributed by atoms with E-state index in [1.165, 1.54) is 18.2 Å². The highest BCUT2D eigenvalue weighted by Gasteiger charge is 2.35. The number of carbonyl (C=O) groups excluding carboxylic acids is 1. The smallest absolute Gasteiger partial charge is 0.349 e. The van der Waals surface area contributed by atoms with Crippen molar-refractivity contribution in [3.63, 3.8) is 0 Å². The summed E-state index contributed by atoms with van der Waals surface area (Å²) in [6.45, 7) is 1.54. The fraction of sp³-hybridized carbons (Fsp3) is 0.462. The molecule has 1 fully saturated rings. The number of carbonyl (C=O) groups is 1. The zero-order valence-electron chi connectivity index (χ0n) is 10.7. The van der Waals surface area contributed by atoms with Crippen LogP contribution in [-0.2, 0) is 6.18 Å². The van der Waals surface area contributed by atoms with E-state index in [1.807, 2.05) is 0 Å². The van der Waals surface area contributed by atoms with Crippen molar-refractivity contribution in [3.05, 3.63) is 35.4 Å². The predicted octanol–water partition coefficient (Wildman–Crippen LogP) is 2.61. The van der Waals surface area contributed by atoms with Gasteiger partial charge in [-0.2, -0.15) is 13.2 Å². The first-order valence-electron chi connectivity index (χ1n) is 6.16. The maximum Gasteiger partial charge on any atom is 0.417 e. The van der Waals surface area contributed by atoms with Crippen molar-refractivity contribution in [1.82, 2.24) is 10.6 Å². The van der Waals surface area contributed by atoms with Crippen LogP contribution in [0.15, 0.2) is 24.3 Å². The van der Waals surface area contributed by atoms with Gasteiger partial charge < -0.3 is 10.6 Å². The number of piperidine rings is 1. The molecule has 2 rings (SSSR count). The van der Waals surface area contributed by atoms with Crippen LogP contribution in [0.3, 0.4) is 0 Å². The summed E-state index contributed by atoms with van der Waals surface area (Å²) in [6.07, 6.45) is -3.04. The molecule has 1 heterocycles. The first-order valence-corrected chi connectivity index (χ1v) is 6.16. The van der Waals surface area contributed by atoms with Crippen LogP contribution < -0.4 is 10.6 Å². The Bertz CT molecular complexity index is 459. The minimum absolute atomic E-state index is 0. The average molecular weight is 309 g/mol. The SMILES string of the molecule is Cl.O=C(NC1CCNCC1)c1ccccc1C(F)(F)F. The average Bonchev–Trinajstić information content (AvgIpc) is 2.39. The van der Waals surface area contributed by atoms with Crippen molar-refractivity contribution in [3.8, 4) is 0 Å². The molecule has 0 radical (unpaired) electrons. The lowest BCUT2D eigenvalue weighted by molar-refractivity contribution is -0.137. The number of halogens is 4. The molecule has 1 aliphatic heterocycles. The zero-order valence-corrected chi connectivity index (χ0v) is 11.5. The molecule has 1 aromatic rings. The number of alkyl halides is 3. The van der Waals surface area contributed by atoms with Crippen LogP contribution in [0.1, 0.15) is 28.8 Å². The van der Waals surface area contributed by atoms with Gasteiger partial charge in [0, 0.05) is 6.04 Å². The van der Waals surface area contributed by atoms with Crippen molar-refractivity contribution in [2.24, 2.45) is 0 Å². The van der Waals surface area contributed by atoms with E-state index in [-0.39, 0.29) is 24.0 Å². The van der Waals surface area contributed by atoms with E-state index < -0.39 is 17.6 Å². The molecular formula is C13H16ClF3N2O. The second-order valence-electron chi connectivity index (χ2n) is 4.54. The van der Waals surface area contributed by atoms with Crippen molar-refractivity contribution in [2.45, 2.75) is 25.1 Å². The van der Waals surface area contributed by atoms with Gasteiger partial charge in [0.15, 0.2) is 0 Å². The number of benzene rings is 1. The first kappa shape index (κ1) is 16.8. The molecule has 0 spiro atoms. The van der Waals surface area contributed by atoms with Crippen LogP contribution in [0.4, 0.5) is 13.2 Å². The molecule has 3 nitrogen and oxygen atoms in total. The molecule has 1 aliphatic rings. The van der Waals surface area contributed by atoms with Crippen molar-refractivity contribution in [2.75, 3.05) is 13.1 Å². The Morgan fingerprint density at radius 2 is 1.80 bits per heavy atom. The summed E-state index contributed by atoms with van der Waals surface area (Å²) in [5.74, 6) is -0.653. The summed E-state index contributed by atoms with van der Waals surface area (Å²) in [5.41, 5.74) is -1.20. The molecular weight excluding hydrogens is 293 g/mol. The maximum atomic E-state index is 12.8. The fourth-order valence-corrected chi connectivity index (χ4v) is 2.16. The van der Waals surface area contributed by atoms with Crippen LogP contribution in [-0.4, -0.2) is 25.0 Å². The normalized spacial score (nSPS) is 16.4. The van der Waals surface area contributed by atoms with Gasteiger partial charge in [0.1, 0.15) is 0 Å². The topological polar surface area (TPSA) is 41.1 Å². The molecule has 0 unspecified atom stereocenters. The third-order valence-corrected chi connectivity index (χ3v) is 3.15. The number of nitrogens with one attached hydrogen (secondary N) is 2. The third kappa shape index (κ3) is 4.11. The second-order valence-corrected chi connectivity index (χ2v) is 4.54. The van der Waals surface area contributed by atoms with Crippen molar-refractivity contribution < 1.29 is 18.0 Å². The van der Waals surface area contributed by atoms with E-state index in [0.717, 1.165) is 32.0 Å². The summed E-state index contributed by atoms with van der Waals surface area (Å²) in [6, 6.07) is 4.79. The molecule has 0 aliphatic carbocycles. The van der Waals surface area contributed by atoms with Crippen molar-refractivity contribution in [1.29, 1.82) is 0 Å². The molecule has 7 heteroatoms. The molecule has 2 N–H and O–H groups in total. The third-order valence-electron chi connectivity index (χ3n) is 3.15. The van der Waals surface area contributed by atoms with Gasteiger partial charge in [0.05, 0.1) is 11.1 Å². The first-order chi connectivity index (χ1) is 8.98. The summed E-state index contributed by atoms with van der Waals surface area (Å²) in [7, 11) is 0. The van der Waals surface area contributed by atoms with E-state index >= 15 is 0 Å². The van der Waals surface area contributed by atoms with Gasteiger partial charge in [-0.15, -0.1) is 12.4 Å². The number of hydrogen-bond donors (Lipinski definition) is 2. The molecule has 0 atom stereocenters. The molecule has 20 heavy (non-hydrogen) atoms. The standard InChI is InChI=1S/C13H15F3N2O.ClH/c14-13(15,16)11-4-2-1-3-10(11)12(19)18-9-5-7-17-8-6-9;/h1-4,9,17H,5-8H2,(H,18,19);1H. The fourth-order valence-electron chi connectivity index (χ4n) is 2.16. The van der Waals surface area contributed by atoms with E-state index in [0.29, 0.717) is 0 Å². The van der Waals surface area contributed by atoms with Gasteiger partial charge in [0.2, 0.25) is 0 Å². The lowest BCUT2D eigenvalue weighted by Gasteiger charge is -2.24. The van der Waals surface area contributed by atoms with Crippen LogP contribution >= 0.6 is 12.4 Å². The predicted molar refractivity (Wildman–Crippen MR) is 72.0 cm³/mol. The van der Waals surface area contributed by atoms with E-state index in [4.69, 9.17) is 0 Å². The lowest BCUT2D eigenvalue weighted by atomic mass is 10.0. The molecule has 112 valence electrons. The van der Waals surface area contributed by atoms with Crippen LogP contribution in [0.25, 0.3) is 0 Å². The Hall–Kier alpha value is -1.27. The number of amides is 1. The van der Waals surface area contributed by atoms with Gasteiger partial charge in [-0.3, -0.25) is 4.79 Å². The van der Waals surface area contributed by atoms with Crippen molar-refractivity contribution >= 4 is 18.3 Å². The molecule has 1 amide bonds. The highest BCUT2D eigenvalue weighted by atomic mass is 35.5. The summed E-state index contributed by atoms with van der Waals surface area (Å²) in [5, 5.41) is 5.80. The number of rotatable bonds is 2. The van der Waals surface area contributed by atoms with E-state index in [1.54, 1.807) is 0 Å². The van der Waals surface area contributed by atoms with Gasteiger partial charge in [-0.05, 0) is 38.1 Å². The Morgan fingerprint density at radius 3 is 2.40 bits per heavy atom. The van der Waals surface area contributed by atoms with Gasteiger partial charge in [0.25, 0.3) is 5.91 Å². The highest BCUT2D eigenvalue weighted by molar-refractivity contribution is 5.96. The number of hydrogen-bond acceptors (Lipinski definition) is 2. The quantitative estimate of drug-likeness (QED) is 0.882. The summed E-state index contributed by atoms with van der Waals surface area (Å²) < 4.78 is 38.4. The Morgan fingerprint density at radius 1 is 1.20 bits per heavy atom. The van der Waals surface area contributed by atoms with Crippen LogP contribution in [0, 0.1) is 0 Å². The highest BCUT2D eigenvalue weighted by Crippen LogP contribution is 2.31. The maximum absolute atomic E-state index is 12.8. The molecule has 0 saturated carbocycles. The zero-order chi connectivity index (χ0) is 13.9. The summed E-state index contributed by atoms with van der Waals surface area (Å²) in [4.78, 5) is 11.9. The van der Waals surface area contributed by atoms with Gasteiger partial charge >= 0.3 is 6.18 Å². The van der Waals surface area contributed by atoms with Gasteiger partial charge in [-0.1, -0.05) is 12.1 Å². The molecule has 0 aromatic heterocycles. The minimum atomic E-state index is -4.51.